The maximum absolute atomic E-state index is 13.6. The molecule has 0 radical (unpaired) electrons. The highest BCUT2D eigenvalue weighted by Crippen LogP contribution is 2.14. The smallest absolute Gasteiger partial charge is 0.129 e. The molecule has 1 aromatic heterocycles. The van der Waals surface area contributed by atoms with Crippen LogP contribution in [-0.4, -0.2) is 16.1 Å². The molecule has 0 saturated heterocycles. The molecule has 0 spiro atoms. The number of benzene rings is 1. The molecule has 2 aromatic rings. The van der Waals surface area contributed by atoms with Gasteiger partial charge in [-0.05, 0) is 31.0 Å². The third kappa shape index (κ3) is 3.61. The predicted octanol–water partition coefficient (Wildman–Crippen LogP) is 2.49. The van der Waals surface area contributed by atoms with Gasteiger partial charge < -0.3 is 10.3 Å². The lowest BCUT2D eigenvalue weighted by Gasteiger charge is -2.08. The van der Waals surface area contributed by atoms with Crippen molar-refractivity contribution in [2.45, 2.75) is 25.8 Å². The molecule has 0 saturated carbocycles. The first-order chi connectivity index (χ1) is 9.20. The minimum Gasteiger partial charge on any atom is -0.335 e. The van der Waals surface area contributed by atoms with Gasteiger partial charge in [-0.1, -0.05) is 6.07 Å². The maximum Gasteiger partial charge on any atom is 0.129 e. The highest BCUT2D eigenvalue weighted by Gasteiger charge is 2.08. The van der Waals surface area contributed by atoms with Gasteiger partial charge >= 0.3 is 0 Å². The van der Waals surface area contributed by atoms with Crippen LogP contribution >= 0.6 is 0 Å². The Labute approximate surface area is 111 Å². The quantitative estimate of drug-likeness (QED) is 0.815. The standard InChI is InChI=1S/C14H17F2N3/c15-12-4-3-11(13(16)10-12)9-14-18-6-8-19(14)7-2-1-5-17/h3-4,6,8,10H,1-2,5,7,9,17H2. The molecule has 1 aromatic carbocycles. The predicted molar refractivity (Wildman–Crippen MR) is 69.7 cm³/mol. The summed E-state index contributed by atoms with van der Waals surface area (Å²) in [5.41, 5.74) is 5.91. The molecule has 3 nitrogen and oxygen atoms in total. The molecule has 1 heterocycles. The Morgan fingerprint density at radius 1 is 1.21 bits per heavy atom. The molecule has 2 rings (SSSR count). The van der Waals surface area contributed by atoms with Crippen LogP contribution in [0.3, 0.4) is 0 Å². The zero-order valence-electron chi connectivity index (χ0n) is 10.6. The first kappa shape index (κ1) is 13.7. The molecule has 19 heavy (non-hydrogen) atoms. The lowest BCUT2D eigenvalue weighted by Crippen LogP contribution is -2.07. The summed E-state index contributed by atoms with van der Waals surface area (Å²) < 4.78 is 28.4. The van der Waals surface area contributed by atoms with E-state index >= 15 is 0 Å². The number of hydrogen-bond donors (Lipinski definition) is 1. The van der Waals surface area contributed by atoms with E-state index < -0.39 is 11.6 Å². The molecule has 0 fully saturated rings. The van der Waals surface area contributed by atoms with E-state index in [2.05, 4.69) is 4.98 Å². The first-order valence-electron chi connectivity index (χ1n) is 6.34. The number of aryl methyl sites for hydroxylation is 1. The summed E-state index contributed by atoms with van der Waals surface area (Å²) in [4.78, 5) is 4.23. The minimum absolute atomic E-state index is 0.363. The zero-order chi connectivity index (χ0) is 13.7. The van der Waals surface area contributed by atoms with E-state index in [1.165, 1.54) is 12.1 Å². The summed E-state index contributed by atoms with van der Waals surface area (Å²) in [5, 5.41) is 0. The van der Waals surface area contributed by atoms with E-state index in [1.807, 2.05) is 10.8 Å². The van der Waals surface area contributed by atoms with Gasteiger partial charge in [0.05, 0.1) is 0 Å². The largest absolute Gasteiger partial charge is 0.335 e. The Balaban J connectivity index is 2.08. The van der Waals surface area contributed by atoms with Crippen molar-refractivity contribution in [3.8, 4) is 0 Å². The van der Waals surface area contributed by atoms with Crippen molar-refractivity contribution in [1.29, 1.82) is 0 Å². The normalized spacial score (nSPS) is 10.9. The van der Waals surface area contributed by atoms with Gasteiger partial charge in [0.1, 0.15) is 17.5 Å². The lowest BCUT2D eigenvalue weighted by atomic mass is 10.1. The van der Waals surface area contributed by atoms with Gasteiger partial charge in [0.2, 0.25) is 0 Å². The second kappa shape index (κ2) is 6.43. The van der Waals surface area contributed by atoms with Crippen molar-refractivity contribution < 1.29 is 8.78 Å². The van der Waals surface area contributed by atoms with Crippen LogP contribution in [0, 0.1) is 11.6 Å². The fraction of sp³-hybridized carbons (Fsp3) is 0.357. The highest BCUT2D eigenvalue weighted by molar-refractivity contribution is 5.22. The molecule has 0 atom stereocenters. The van der Waals surface area contributed by atoms with Gasteiger partial charge in [0.15, 0.2) is 0 Å². The van der Waals surface area contributed by atoms with Gasteiger partial charge in [0, 0.05) is 31.4 Å². The fourth-order valence-corrected chi connectivity index (χ4v) is 1.97. The second-order valence-corrected chi connectivity index (χ2v) is 4.45. The van der Waals surface area contributed by atoms with E-state index in [0.29, 0.717) is 18.5 Å². The molecular formula is C14H17F2N3. The molecule has 0 amide bonds. The molecular weight excluding hydrogens is 248 g/mol. The molecule has 2 N–H and O–H groups in total. The summed E-state index contributed by atoms with van der Waals surface area (Å²) in [6.07, 6.45) is 5.84. The number of halogens is 2. The average molecular weight is 265 g/mol. The molecule has 0 unspecified atom stereocenters. The third-order valence-electron chi connectivity index (χ3n) is 3.02. The Morgan fingerprint density at radius 3 is 2.79 bits per heavy atom. The number of unbranched alkanes of at least 4 members (excludes halogenated alkanes) is 1. The Hall–Kier alpha value is -1.75. The zero-order valence-corrected chi connectivity index (χ0v) is 10.6. The van der Waals surface area contributed by atoms with Gasteiger partial charge in [-0.2, -0.15) is 0 Å². The number of aromatic nitrogens is 2. The third-order valence-corrected chi connectivity index (χ3v) is 3.02. The van der Waals surface area contributed by atoms with E-state index in [0.717, 1.165) is 31.3 Å². The monoisotopic (exact) mass is 265 g/mol. The summed E-state index contributed by atoms with van der Waals surface area (Å²) >= 11 is 0. The summed E-state index contributed by atoms with van der Waals surface area (Å²) in [5.74, 6) is -0.313. The van der Waals surface area contributed by atoms with Crippen LogP contribution in [0.5, 0.6) is 0 Å². The maximum atomic E-state index is 13.6. The van der Waals surface area contributed by atoms with E-state index in [4.69, 9.17) is 5.73 Å². The first-order valence-corrected chi connectivity index (χ1v) is 6.34. The summed E-state index contributed by atoms with van der Waals surface area (Å²) in [6, 6.07) is 3.63. The molecule has 0 aliphatic carbocycles. The van der Waals surface area contributed by atoms with E-state index in [-0.39, 0.29) is 0 Å². The van der Waals surface area contributed by atoms with Gasteiger partial charge in [-0.3, -0.25) is 0 Å². The number of imidazole rings is 1. The molecule has 0 bridgehead atoms. The van der Waals surface area contributed by atoms with Gasteiger partial charge in [0.25, 0.3) is 0 Å². The van der Waals surface area contributed by atoms with Crippen LogP contribution in [0.1, 0.15) is 24.2 Å². The highest BCUT2D eigenvalue weighted by atomic mass is 19.1. The van der Waals surface area contributed by atoms with Gasteiger partial charge in [-0.15, -0.1) is 0 Å². The molecule has 0 aliphatic rings. The van der Waals surface area contributed by atoms with Crippen LogP contribution < -0.4 is 5.73 Å². The lowest BCUT2D eigenvalue weighted by molar-refractivity contribution is 0.566. The number of nitrogens with zero attached hydrogens (tertiary/aromatic N) is 2. The van der Waals surface area contributed by atoms with Gasteiger partial charge in [-0.25, -0.2) is 13.8 Å². The van der Waals surface area contributed by atoms with Crippen molar-refractivity contribution >= 4 is 0 Å². The van der Waals surface area contributed by atoms with Crippen LogP contribution in [0.25, 0.3) is 0 Å². The summed E-state index contributed by atoms with van der Waals surface area (Å²) in [7, 11) is 0. The summed E-state index contributed by atoms with van der Waals surface area (Å²) in [6.45, 7) is 1.48. The van der Waals surface area contributed by atoms with Crippen molar-refractivity contribution in [1.82, 2.24) is 9.55 Å². The SMILES string of the molecule is NCCCCn1ccnc1Cc1ccc(F)cc1F. The number of rotatable bonds is 6. The van der Waals surface area contributed by atoms with Crippen molar-refractivity contribution in [2.75, 3.05) is 6.54 Å². The topological polar surface area (TPSA) is 43.8 Å². The van der Waals surface area contributed by atoms with Crippen molar-refractivity contribution in [2.24, 2.45) is 5.73 Å². The average Bonchev–Trinajstić information content (AvgIpc) is 2.81. The van der Waals surface area contributed by atoms with Crippen LogP contribution in [0.4, 0.5) is 8.78 Å². The molecule has 0 aliphatic heterocycles. The Bertz CT molecular complexity index is 537. The van der Waals surface area contributed by atoms with Crippen LogP contribution in [0.15, 0.2) is 30.6 Å². The van der Waals surface area contributed by atoms with E-state index in [1.54, 1.807) is 6.20 Å². The molecule has 102 valence electrons. The number of hydrogen-bond acceptors (Lipinski definition) is 2. The fourth-order valence-electron chi connectivity index (χ4n) is 1.97. The second-order valence-electron chi connectivity index (χ2n) is 4.45. The van der Waals surface area contributed by atoms with Crippen LogP contribution in [-0.2, 0) is 13.0 Å². The van der Waals surface area contributed by atoms with Crippen LogP contribution in [0.2, 0.25) is 0 Å². The van der Waals surface area contributed by atoms with E-state index in [9.17, 15) is 8.78 Å². The number of nitrogens with two attached hydrogens (primary N) is 1. The molecule has 5 heteroatoms. The Morgan fingerprint density at radius 2 is 2.05 bits per heavy atom. The minimum atomic E-state index is -0.562. The van der Waals surface area contributed by atoms with Crippen molar-refractivity contribution in [3.05, 3.63) is 53.6 Å². The Kier molecular flexibility index (Phi) is 4.63. The van der Waals surface area contributed by atoms with Crippen molar-refractivity contribution in [3.63, 3.8) is 0 Å².